The second-order valence-electron chi connectivity index (χ2n) is 4.37. The molecule has 1 heterocycles. The smallest absolute Gasteiger partial charge is 0.236 e. The van der Waals surface area contributed by atoms with E-state index < -0.39 is 0 Å². The maximum atomic E-state index is 11.8. The van der Waals surface area contributed by atoms with E-state index in [-0.39, 0.29) is 5.91 Å². The lowest BCUT2D eigenvalue weighted by Crippen LogP contribution is -2.42. The zero-order valence-corrected chi connectivity index (χ0v) is 10.9. The van der Waals surface area contributed by atoms with E-state index in [1.165, 1.54) is 0 Å². The Kier molecular flexibility index (Phi) is 5.15. The predicted octanol–water partition coefficient (Wildman–Crippen LogP) is 0.605. The Morgan fingerprint density at radius 2 is 2.25 bits per heavy atom. The van der Waals surface area contributed by atoms with Gasteiger partial charge in [0, 0.05) is 32.6 Å². The molecule has 1 amide bonds. The Morgan fingerprint density at radius 1 is 1.56 bits per heavy atom. The molecule has 0 bridgehead atoms. The molecule has 0 spiro atoms. The van der Waals surface area contributed by atoms with Crippen LogP contribution in [-0.4, -0.2) is 53.4 Å². The molecule has 1 unspecified atom stereocenters. The molecule has 1 atom stereocenters. The van der Waals surface area contributed by atoms with Crippen molar-refractivity contribution in [3.63, 3.8) is 0 Å². The Labute approximate surface area is 103 Å². The molecule has 1 aliphatic rings. The van der Waals surface area contributed by atoms with E-state index in [0.29, 0.717) is 24.0 Å². The highest BCUT2D eigenvalue weighted by Gasteiger charge is 2.24. The molecule has 0 aromatic rings. The number of hydrogen-bond acceptors (Lipinski definition) is 3. The summed E-state index contributed by atoms with van der Waals surface area (Å²) in [6.07, 6.45) is 2.72. The summed E-state index contributed by atoms with van der Waals surface area (Å²) >= 11 is 4.95. The van der Waals surface area contributed by atoms with Gasteiger partial charge in [0.1, 0.15) is 0 Å². The molecule has 1 saturated heterocycles. The topological polar surface area (TPSA) is 49.6 Å². The van der Waals surface area contributed by atoms with Gasteiger partial charge in [0.05, 0.1) is 11.5 Å². The van der Waals surface area contributed by atoms with Crippen molar-refractivity contribution >= 4 is 23.1 Å². The monoisotopic (exact) mass is 243 g/mol. The van der Waals surface area contributed by atoms with Crippen molar-refractivity contribution in [1.29, 1.82) is 0 Å². The molecule has 1 rings (SSSR count). The minimum atomic E-state index is 0.193. The first-order chi connectivity index (χ1) is 7.54. The van der Waals surface area contributed by atoms with Gasteiger partial charge in [0.2, 0.25) is 5.91 Å². The number of carbonyl (C=O) groups excluding carboxylic acids is 1. The number of rotatable bonds is 4. The molecular formula is C11H21N3OS. The molecule has 0 aliphatic carbocycles. The van der Waals surface area contributed by atoms with Gasteiger partial charge >= 0.3 is 0 Å². The number of nitrogens with zero attached hydrogens (tertiary/aromatic N) is 2. The van der Waals surface area contributed by atoms with Gasteiger partial charge in [-0.3, -0.25) is 9.69 Å². The molecule has 0 aromatic carbocycles. The average Bonchev–Trinajstić information content (AvgIpc) is 2.38. The lowest BCUT2D eigenvalue weighted by atomic mass is 10.1. The third-order valence-corrected chi connectivity index (χ3v) is 3.29. The fourth-order valence-corrected chi connectivity index (χ4v) is 2.28. The van der Waals surface area contributed by atoms with Gasteiger partial charge in [-0.15, -0.1) is 0 Å². The van der Waals surface area contributed by atoms with Crippen LogP contribution in [0.5, 0.6) is 0 Å². The normalized spacial score (nSPS) is 20.6. The summed E-state index contributed by atoms with van der Waals surface area (Å²) in [4.78, 5) is 16.3. The number of thiocarbonyl (C=S) groups is 1. The van der Waals surface area contributed by atoms with Gasteiger partial charge in [-0.25, -0.2) is 0 Å². The van der Waals surface area contributed by atoms with E-state index >= 15 is 0 Å². The molecular weight excluding hydrogens is 222 g/mol. The molecule has 1 fully saturated rings. The predicted molar refractivity (Wildman–Crippen MR) is 69.3 cm³/mol. The van der Waals surface area contributed by atoms with Gasteiger partial charge in [-0.05, 0) is 12.8 Å². The van der Waals surface area contributed by atoms with E-state index in [9.17, 15) is 4.79 Å². The van der Waals surface area contributed by atoms with Crippen molar-refractivity contribution in [3.05, 3.63) is 0 Å². The van der Waals surface area contributed by atoms with E-state index in [0.717, 1.165) is 25.9 Å². The first-order valence-electron chi connectivity index (χ1n) is 5.81. The first kappa shape index (κ1) is 13.4. The summed E-state index contributed by atoms with van der Waals surface area (Å²) in [5.74, 6) is 0.193. The Balaban J connectivity index is 2.62. The highest BCUT2D eigenvalue weighted by Crippen LogP contribution is 2.12. The SMILES string of the molecule is CCC(CC(N)=S)N1CCCN(C)C(=O)C1. The molecule has 16 heavy (non-hydrogen) atoms. The van der Waals surface area contributed by atoms with Crippen molar-refractivity contribution in [3.8, 4) is 0 Å². The van der Waals surface area contributed by atoms with Crippen molar-refractivity contribution < 1.29 is 4.79 Å². The zero-order valence-electron chi connectivity index (χ0n) is 10.1. The minimum absolute atomic E-state index is 0.193. The quantitative estimate of drug-likeness (QED) is 0.735. The van der Waals surface area contributed by atoms with Crippen molar-refractivity contribution in [2.24, 2.45) is 5.73 Å². The lowest BCUT2D eigenvalue weighted by Gasteiger charge is -2.28. The second kappa shape index (κ2) is 6.15. The van der Waals surface area contributed by atoms with Gasteiger partial charge in [0.15, 0.2) is 0 Å². The Bertz CT molecular complexity index is 270. The van der Waals surface area contributed by atoms with Crippen molar-refractivity contribution in [2.75, 3.05) is 26.7 Å². The number of hydrogen-bond donors (Lipinski definition) is 1. The van der Waals surface area contributed by atoms with Crippen LogP contribution in [0.4, 0.5) is 0 Å². The summed E-state index contributed by atoms with van der Waals surface area (Å²) in [7, 11) is 1.86. The number of carbonyl (C=O) groups is 1. The third kappa shape index (κ3) is 3.72. The van der Waals surface area contributed by atoms with Gasteiger partial charge in [-0.2, -0.15) is 0 Å². The molecule has 2 N–H and O–H groups in total. The van der Waals surface area contributed by atoms with Crippen LogP contribution in [0.1, 0.15) is 26.2 Å². The van der Waals surface area contributed by atoms with Crippen LogP contribution in [0.2, 0.25) is 0 Å². The highest BCUT2D eigenvalue weighted by atomic mass is 32.1. The summed E-state index contributed by atoms with van der Waals surface area (Å²) in [5.41, 5.74) is 5.59. The maximum Gasteiger partial charge on any atom is 0.236 e. The third-order valence-electron chi connectivity index (χ3n) is 3.13. The first-order valence-corrected chi connectivity index (χ1v) is 6.21. The van der Waals surface area contributed by atoms with E-state index in [1.54, 1.807) is 4.90 Å². The molecule has 5 heteroatoms. The van der Waals surface area contributed by atoms with Gasteiger partial charge < -0.3 is 10.6 Å². The number of likely N-dealkylation sites (N-methyl/N-ethyl adjacent to an activating group) is 1. The van der Waals surface area contributed by atoms with Crippen LogP contribution in [-0.2, 0) is 4.79 Å². The van der Waals surface area contributed by atoms with Crippen LogP contribution >= 0.6 is 12.2 Å². The minimum Gasteiger partial charge on any atom is -0.393 e. The molecule has 1 aliphatic heterocycles. The Hall–Kier alpha value is -0.680. The van der Waals surface area contributed by atoms with Crippen LogP contribution in [0.3, 0.4) is 0 Å². The van der Waals surface area contributed by atoms with Crippen LogP contribution < -0.4 is 5.73 Å². The van der Waals surface area contributed by atoms with Crippen LogP contribution in [0.25, 0.3) is 0 Å². The van der Waals surface area contributed by atoms with E-state index in [2.05, 4.69) is 11.8 Å². The van der Waals surface area contributed by atoms with E-state index in [1.807, 2.05) is 7.05 Å². The Morgan fingerprint density at radius 3 is 2.81 bits per heavy atom. The summed E-state index contributed by atoms with van der Waals surface area (Å²) in [5, 5.41) is 0. The largest absolute Gasteiger partial charge is 0.393 e. The highest BCUT2D eigenvalue weighted by molar-refractivity contribution is 7.80. The summed E-state index contributed by atoms with van der Waals surface area (Å²) in [6, 6.07) is 0.313. The summed E-state index contributed by atoms with van der Waals surface area (Å²) in [6.45, 7) is 4.41. The number of nitrogens with two attached hydrogens (primary N) is 1. The van der Waals surface area contributed by atoms with Crippen LogP contribution in [0, 0.1) is 0 Å². The zero-order chi connectivity index (χ0) is 12.1. The van der Waals surface area contributed by atoms with Gasteiger partial charge in [0.25, 0.3) is 0 Å². The van der Waals surface area contributed by atoms with Crippen molar-refractivity contribution in [2.45, 2.75) is 32.2 Å². The van der Waals surface area contributed by atoms with Crippen molar-refractivity contribution in [1.82, 2.24) is 9.80 Å². The fourth-order valence-electron chi connectivity index (χ4n) is 2.08. The summed E-state index contributed by atoms with van der Waals surface area (Å²) < 4.78 is 0. The molecule has 0 radical (unpaired) electrons. The van der Waals surface area contributed by atoms with Gasteiger partial charge in [-0.1, -0.05) is 19.1 Å². The van der Waals surface area contributed by atoms with E-state index in [4.69, 9.17) is 18.0 Å². The second-order valence-corrected chi connectivity index (χ2v) is 4.90. The fraction of sp³-hybridized carbons (Fsp3) is 0.818. The average molecular weight is 243 g/mol. The molecule has 92 valence electrons. The lowest BCUT2D eigenvalue weighted by molar-refractivity contribution is -0.130. The molecule has 0 saturated carbocycles. The molecule has 0 aromatic heterocycles. The van der Waals surface area contributed by atoms with Crippen LogP contribution in [0.15, 0.2) is 0 Å². The maximum absolute atomic E-state index is 11.8. The molecule has 4 nitrogen and oxygen atoms in total. The number of amides is 1. The standard InChI is InChI=1S/C11H21N3OS/c1-3-9(7-10(12)16)14-6-4-5-13(2)11(15)8-14/h9H,3-8H2,1-2H3,(H2,12,16).